The van der Waals surface area contributed by atoms with Crippen LogP contribution >= 0.6 is 15.9 Å². The van der Waals surface area contributed by atoms with Crippen molar-refractivity contribution in [3.05, 3.63) is 27.7 Å². The maximum Gasteiger partial charge on any atom is 0.336 e. The molecule has 8 heteroatoms. The molecule has 0 spiro atoms. The molecule has 0 saturated carbocycles. The first-order valence-electron chi connectivity index (χ1n) is 5.69. The number of benzene rings is 1. The molecule has 0 amide bonds. The van der Waals surface area contributed by atoms with Crippen LogP contribution in [0.2, 0.25) is 0 Å². The Kier molecular flexibility index (Phi) is 4.96. The molecule has 0 aliphatic carbocycles. The van der Waals surface area contributed by atoms with Crippen molar-refractivity contribution in [2.24, 2.45) is 0 Å². The molecule has 0 aliphatic rings. The molecule has 0 aromatic heterocycles. The Morgan fingerprint density at radius 2 is 1.80 bits per heavy atom. The summed E-state index contributed by atoms with van der Waals surface area (Å²) in [5, 5.41) is 18.3. The lowest BCUT2D eigenvalue weighted by Crippen LogP contribution is -2.46. The van der Waals surface area contributed by atoms with Gasteiger partial charge in [-0.25, -0.2) is 17.9 Å². The second-order valence-corrected chi connectivity index (χ2v) is 7.39. The maximum atomic E-state index is 12.2. The zero-order valence-electron chi connectivity index (χ0n) is 11.3. The number of aliphatic carboxylic acids is 1. The lowest BCUT2D eigenvalue weighted by Gasteiger charge is -2.19. The minimum absolute atomic E-state index is 0.0851. The number of aryl methyl sites for hydroxylation is 2. The summed E-state index contributed by atoms with van der Waals surface area (Å²) >= 11 is 3.27. The average Bonchev–Trinajstić information content (AvgIpc) is 2.24. The summed E-state index contributed by atoms with van der Waals surface area (Å²) in [6.45, 7) is 3.70. The molecule has 0 heterocycles. The molecule has 1 atom stereocenters. The van der Waals surface area contributed by atoms with Gasteiger partial charge in [-0.1, -0.05) is 15.9 Å². The molecule has 20 heavy (non-hydrogen) atoms. The van der Waals surface area contributed by atoms with Crippen LogP contribution in [0, 0.1) is 13.8 Å². The van der Waals surface area contributed by atoms with Crippen molar-refractivity contribution < 1.29 is 23.4 Å². The van der Waals surface area contributed by atoms with Crippen molar-refractivity contribution in [3.63, 3.8) is 0 Å². The van der Waals surface area contributed by atoms with Gasteiger partial charge in [0.25, 0.3) is 0 Å². The number of halogens is 1. The molecule has 1 aromatic rings. The smallest absolute Gasteiger partial charge is 0.336 e. The van der Waals surface area contributed by atoms with Gasteiger partial charge < -0.3 is 10.2 Å². The van der Waals surface area contributed by atoms with E-state index in [0.29, 0.717) is 11.1 Å². The van der Waals surface area contributed by atoms with Gasteiger partial charge in [-0.2, -0.15) is 0 Å². The maximum absolute atomic E-state index is 12.2. The molecule has 6 nitrogen and oxygen atoms in total. The molecule has 0 bridgehead atoms. The Morgan fingerprint density at radius 1 is 1.35 bits per heavy atom. The number of hydrogen-bond acceptors (Lipinski definition) is 4. The lowest BCUT2D eigenvalue weighted by molar-refractivity contribution is -0.155. The fourth-order valence-electron chi connectivity index (χ4n) is 1.70. The Balaban J connectivity index is 3.11. The second-order valence-electron chi connectivity index (χ2n) is 4.77. The Hall–Kier alpha value is -0.960. The number of aliphatic hydroxyl groups is 1. The third-order valence-corrected chi connectivity index (χ3v) is 4.92. The van der Waals surface area contributed by atoms with Crippen LogP contribution < -0.4 is 4.72 Å². The van der Waals surface area contributed by atoms with Gasteiger partial charge >= 0.3 is 5.97 Å². The normalized spacial score (nSPS) is 14.8. The number of rotatable bonds is 5. The number of carbonyl (C=O) groups is 1. The number of carboxylic acid groups (broad SMARTS) is 1. The molecule has 0 radical (unpaired) electrons. The Bertz CT molecular complexity index is 616. The molecule has 0 saturated heterocycles. The highest BCUT2D eigenvalue weighted by molar-refractivity contribution is 9.10. The highest BCUT2D eigenvalue weighted by atomic mass is 79.9. The van der Waals surface area contributed by atoms with Gasteiger partial charge in [0.05, 0.1) is 11.4 Å². The third kappa shape index (κ3) is 3.78. The Labute approximate surface area is 126 Å². The number of hydrogen-bond donors (Lipinski definition) is 3. The van der Waals surface area contributed by atoms with Gasteiger partial charge in [-0.3, -0.25) is 0 Å². The van der Waals surface area contributed by atoms with Gasteiger partial charge in [0, 0.05) is 4.47 Å². The average molecular weight is 366 g/mol. The summed E-state index contributed by atoms with van der Waals surface area (Å²) in [5.74, 6) is -1.50. The van der Waals surface area contributed by atoms with Crippen LogP contribution in [-0.2, 0) is 14.8 Å². The zero-order chi connectivity index (χ0) is 15.7. The predicted molar refractivity (Wildman–Crippen MR) is 77.1 cm³/mol. The van der Waals surface area contributed by atoms with E-state index >= 15 is 0 Å². The van der Waals surface area contributed by atoms with E-state index in [1.54, 1.807) is 26.0 Å². The first-order chi connectivity index (χ1) is 8.97. The van der Waals surface area contributed by atoms with Crippen LogP contribution in [0.1, 0.15) is 18.1 Å². The highest BCUT2D eigenvalue weighted by Gasteiger charge is 2.32. The van der Waals surface area contributed by atoms with Crippen LogP contribution in [0.15, 0.2) is 21.5 Å². The summed E-state index contributed by atoms with van der Waals surface area (Å²) in [6.07, 6.45) is 0. The molecule has 1 unspecified atom stereocenters. The van der Waals surface area contributed by atoms with E-state index in [-0.39, 0.29) is 4.90 Å². The standard InChI is InChI=1S/C12H16BrNO5S/c1-7-4-9(13)5-8(2)10(7)20(18,19)14-6-12(3,17)11(15)16/h4-5,14,17H,6H2,1-3H3,(H,15,16). The SMILES string of the molecule is Cc1cc(Br)cc(C)c1S(=O)(=O)NCC(C)(O)C(=O)O. The van der Waals surface area contributed by atoms with Crippen LogP contribution in [0.3, 0.4) is 0 Å². The number of nitrogens with one attached hydrogen (secondary N) is 1. The van der Waals surface area contributed by atoms with Crippen molar-refractivity contribution in [1.29, 1.82) is 0 Å². The summed E-state index contributed by atoms with van der Waals surface area (Å²) in [5.41, 5.74) is -1.11. The predicted octanol–water partition coefficient (Wildman–Crippen LogP) is 1.18. The van der Waals surface area contributed by atoms with Crippen molar-refractivity contribution in [2.75, 3.05) is 6.54 Å². The monoisotopic (exact) mass is 365 g/mol. The summed E-state index contributed by atoms with van der Waals surface area (Å²) < 4.78 is 27.3. The van der Waals surface area contributed by atoms with E-state index in [2.05, 4.69) is 20.7 Å². The minimum Gasteiger partial charge on any atom is -0.479 e. The van der Waals surface area contributed by atoms with Crippen LogP contribution in [-0.4, -0.2) is 36.7 Å². The second kappa shape index (κ2) is 5.80. The van der Waals surface area contributed by atoms with E-state index in [0.717, 1.165) is 11.4 Å². The summed E-state index contributed by atoms with van der Waals surface area (Å²) in [6, 6.07) is 3.30. The van der Waals surface area contributed by atoms with Gasteiger partial charge in [0.1, 0.15) is 0 Å². The summed E-state index contributed by atoms with van der Waals surface area (Å²) in [4.78, 5) is 10.8. The van der Waals surface area contributed by atoms with E-state index in [1.165, 1.54) is 0 Å². The molecular weight excluding hydrogens is 350 g/mol. The largest absolute Gasteiger partial charge is 0.479 e. The molecule has 1 rings (SSSR count). The van der Waals surface area contributed by atoms with Crippen molar-refractivity contribution >= 4 is 31.9 Å². The fraction of sp³-hybridized carbons (Fsp3) is 0.417. The fourth-order valence-corrected chi connectivity index (χ4v) is 3.97. The molecule has 0 fully saturated rings. The van der Waals surface area contributed by atoms with Crippen LogP contribution in [0.4, 0.5) is 0 Å². The van der Waals surface area contributed by atoms with Crippen LogP contribution in [0.5, 0.6) is 0 Å². The topological polar surface area (TPSA) is 104 Å². The first kappa shape index (κ1) is 17.1. The van der Waals surface area contributed by atoms with E-state index < -0.39 is 28.1 Å². The molecular formula is C12H16BrNO5S. The molecule has 3 N–H and O–H groups in total. The molecule has 1 aromatic carbocycles. The number of sulfonamides is 1. The summed E-state index contributed by atoms with van der Waals surface area (Å²) in [7, 11) is -3.90. The lowest BCUT2D eigenvalue weighted by atomic mass is 10.1. The zero-order valence-corrected chi connectivity index (χ0v) is 13.7. The quantitative estimate of drug-likeness (QED) is 0.726. The van der Waals surface area contributed by atoms with Gasteiger partial charge in [-0.15, -0.1) is 0 Å². The van der Waals surface area contributed by atoms with E-state index in [9.17, 15) is 18.3 Å². The number of carboxylic acids is 1. The first-order valence-corrected chi connectivity index (χ1v) is 7.97. The van der Waals surface area contributed by atoms with E-state index in [1.807, 2.05) is 0 Å². The van der Waals surface area contributed by atoms with Crippen LogP contribution in [0.25, 0.3) is 0 Å². The third-order valence-electron chi connectivity index (χ3n) is 2.76. The van der Waals surface area contributed by atoms with Gasteiger partial charge in [0.15, 0.2) is 5.60 Å². The van der Waals surface area contributed by atoms with Crippen molar-refractivity contribution in [2.45, 2.75) is 31.3 Å². The van der Waals surface area contributed by atoms with Gasteiger partial charge in [0.2, 0.25) is 10.0 Å². The molecule has 0 aliphatic heterocycles. The molecule has 112 valence electrons. The van der Waals surface area contributed by atoms with Gasteiger partial charge in [-0.05, 0) is 44.0 Å². The van der Waals surface area contributed by atoms with Crippen molar-refractivity contribution in [1.82, 2.24) is 4.72 Å². The minimum atomic E-state index is -3.90. The van der Waals surface area contributed by atoms with E-state index in [4.69, 9.17) is 5.11 Å². The Morgan fingerprint density at radius 3 is 2.20 bits per heavy atom. The van der Waals surface area contributed by atoms with Crippen molar-refractivity contribution in [3.8, 4) is 0 Å². The highest BCUT2D eigenvalue weighted by Crippen LogP contribution is 2.24.